The number of imidazole rings is 1. The number of benzene rings is 1. The van der Waals surface area contributed by atoms with Gasteiger partial charge in [0.2, 0.25) is 5.89 Å². The molecule has 0 radical (unpaired) electrons. The first kappa shape index (κ1) is 17.3. The van der Waals surface area contributed by atoms with Crippen LogP contribution in [0.4, 0.5) is 4.39 Å². The van der Waals surface area contributed by atoms with E-state index < -0.39 is 0 Å². The van der Waals surface area contributed by atoms with E-state index in [1.54, 1.807) is 17.9 Å². The molecular weight excluding hydrogens is 387 g/mol. The standard InChI is InChI=1S/C21H17FN6O2/c1-27-9-23-20-18(27)21(29)28(10-24-20)8-16-25-19(26-30-16)17-14-6-12(7-15(14)17)11-2-4-13(22)5-3-11/h2-6,9-10,14-15,17H,7-8H2,1H3. The largest absolute Gasteiger partial charge is 0.337 e. The van der Waals surface area contributed by atoms with Crippen molar-refractivity contribution in [2.45, 2.75) is 18.9 Å². The average Bonchev–Trinajstić information content (AvgIpc) is 3.16. The molecule has 6 rings (SSSR count). The molecule has 3 atom stereocenters. The van der Waals surface area contributed by atoms with Crippen LogP contribution in [0.1, 0.15) is 29.6 Å². The van der Waals surface area contributed by atoms with E-state index in [0.717, 1.165) is 12.0 Å². The first-order valence-electron chi connectivity index (χ1n) is 9.74. The average molecular weight is 404 g/mol. The van der Waals surface area contributed by atoms with Gasteiger partial charge in [0, 0.05) is 13.0 Å². The van der Waals surface area contributed by atoms with Crippen molar-refractivity contribution in [3.05, 3.63) is 76.4 Å². The van der Waals surface area contributed by atoms with E-state index in [9.17, 15) is 9.18 Å². The van der Waals surface area contributed by atoms with Crippen LogP contribution in [0.2, 0.25) is 0 Å². The molecule has 1 aromatic carbocycles. The Morgan fingerprint density at radius 1 is 1.20 bits per heavy atom. The maximum Gasteiger partial charge on any atom is 0.280 e. The summed E-state index contributed by atoms with van der Waals surface area (Å²) in [5.74, 6) is 1.90. The molecular formula is C21H17FN6O2. The lowest BCUT2D eigenvalue weighted by Gasteiger charge is -2.05. The number of halogens is 1. The monoisotopic (exact) mass is 404 g/mol. The highest BCUT2D eigenvalue weighted by molar-refractivity contribution is 5.71. The predicted molar refractivity (Wildman–Crippen MR) is 105 cm³/mol. The maximum absolute atomic E-state index is 13.1. The number of allylic oxidation sites excluding steroid dienone is 2. The van der Waals surface area contributed by atoms with Crippen LogP contribution in [0.25, 0.3) is 16.7 Å². The highest BCUT2D eigenvalue weighted by Gasteiger charge is 2.55. The minimum atomic E-state index is -0.225. The van der Waals surface area contributed by atoms with E-state index in [2.05, 4.69) is 26.2 Å². The summed E-state index contributed by atoms with van der Waals surface area (Å²) in [6.07, 6.45) is 6.17. The maximum atomic E-state index is 13.1. The molecule has 0 saturated heterocycles. The second-order valence-electron chi connectivity index (χ2n) is 7.92. The zero-order valence-corrected chi connectivity index (χ0v) is 16.1. The Morgan fingerprint density at radius 3 is 2.77 bits per heavy atom. The van der Waals surface area contributed by atoms with E-state index in [4.69, 9.17) is 4.52 Å². The molecule has 1 saturated carbocycles. The number of hydrogen-bond donors (Lipinski definition) is 0. The highest BCUT2D eigenvalue weighted by atomic mass is 19.1. The highest BCUT2D eigenvalue weighted by Crippen LogP contribution is 2.62. The first-order valence-corrected chi connectivity index (χ1v) is 9.74. The van der Waals surface area contributed by atoms with Gasteiger partial charge in [-0.05, 0) is 41.5 Å². The Hall–Kier alpha value is -3.62. The van der Waals surface area contributed by atoms with Crippen molar-refractivity contribution >= 4 is 16.7 Å². The van der Waals surface area contributed by atoms with E-state index in [1.165, 1.54) is 28.6 Å². The summed E-state index contributed by atoms with van der Waals surface area (Å²) in [6, 6.07) is 6.61. The molecule has 1 fully saturated rings. The molecule has 0 aliphatic heterocycles. The van der Waals surface area contributed by atoms with Gasteiger partial charge in [0.15, 0.2) is 17.0 Å². The Labute approximate surface area is 169 Å². The van der Waals surface area contributed by atoms with E-state index in [1.807, 2.05) is 12.1 Å². The van der Waals surface area contributed by atoms with Gasteiger partial charge in [0.1, 0.15) is 18.7 Å². The fraction of sp³-hybridized carbons (Fsp3) is 0.286. The van der Waals surface area contributed by atoms with Gasteiger partial charge in [-0.2, -0.15) is 4.98 Å². The topological polar surface area (TPSA) is 91.6 Å². The lowest BCUT2D eigenvalue weighted by molar-refractivity contribution is 0.364. The van der Waals surface area contributed by atoms with Crippen molar-refractivity contribution in [1.82, 2.24) is 29.2 Å². The molecule has 9 heteroatoms. The van der Waals surface area contributed by atoms with Crippen LogP contribution < -0.4 is 5.56 Å². The smallest absolute Gasteiger partial charge is 0.280 e. The third-order valence-corrected chi connectivity index (χ3v) is 6.08. The number of aryl methyl sites for hydroxylation is 1. The molecule has 150 valence electrons. The second kappa shape index (κ2) is 6.19. The van der Waals surface area contributed by atoms with Gasteiger partial charge in [-0.1, -0.05) is 23.4 Å². The zero-order chi connectivity index (χ0) is 20.4. The molecule has 0 bridgehead atoms. The fourth-order valence-corrected chi connectivity index (χ4v) is 4.48. The van der Waals surface area contributed by atoms with Crippen LogP contribution in [0.3, 0.4) is 0 Å². The summed E-state index contributed by atoms with van der Waals surface area (Å²) in [4.78, 5) is 25.5. The molecule has 2 aliphatic carbocycles. The van der Waals surface area contributed by atoms with Crippen molar-refractivity contribution in [1.29, 1.82) is 0 Å². The number of hydrogen-bond acceptors (Lipinski definition) is 6. The molecule has 4 aromatic rings. The minimum Gasteiger partial charge on any atom is -0.337 e. The van der Waals surface area contributed by atoms with Crippen molar-refractivity contribution in [3.8, 4) is 0 Å². The molecule has 2 aliphatic rings. The Kier molecular flexibility index (Phi) is 3.56. The summed E-state index contributed by atoms with van der Waals surface area (Å²) in [5.41, 5.74) is 2.96. The molecule has 0 N–H and O–H groups in total. The van der Waals surface area contributed by atoms with Gasteiger partial charge in [0.25, 0.3) is 5.56 Å². The SMILES string of the molecule is Cn1cnc2ncn(Cc3nc(C4C5C=C(c6ccc(F)cc6)CC54)no3)c(=O)c21. The van der Waals surface area contributed by atoms with Crippen LogP contribution >= 0.6 is 0 Å². The van der Waals surface area contributed by atoms with Gasteiger partial charge < -0.3 is 9.09 Å². The predicted octanol–water partition coefficient (Wildman–Crippen LogP) is 2.52. The fourth-order valence-electron chi connectivity index (χ4n) is 4.48. The molecule has 0 amide bonds. The lowest BCUT2D eigenvalue weighted by Crippen LogP contribution is -2.22. The molecule has 3 unspecified atom stereocenters. The Morgan fingerprint density at radius 2 is 2.00 bits per heavy atom. The van der Waals surface area contributed by atoms with Gasteiger partial charge in [0.05, 0.1) is 6.33 Å². The quantitative estimate of drug-likeness (QED) is 0.519. The van der Waals surface area contributed by atoms with E-state index in [0.29, 0.717) is 34.7 Å². The summed E-state index contributed by atoms with van der Waals surface area (Å²) < 4.78 is 21.6. The summed E-state index contributed by atoms with van der Waals surface area (Å²) in [7, 11) is 1.76. The lowest BCUT2D eigenvalue weighted by atomic mass is 10.0. The van der Waals surface area contributed by atoms with Crippen molar-refractivity contribution in [2.24, 2.45) is 18.9 Å². The third kappa shape index (κ3) is 2.62. The summed E-state index contributed by atoms with van der Waals surface area (Å²) in [6.45, 7) is 0.165. The minimum absolute atomic E-state index is 0.165. The van der Waals surface area contributed by atoms with Gasteiger partial charge in [-0.3, -0.25) is 9.36 Å². The second-order valence-corrected chi connectivity index (χ2v) is 7.92. The van der Waals surface area contributed by atoms with Crippen LogP contribution in [0, 0.1) is 17.7 Å². The van der Waals surface area contributed by atoms with Crippen LogP contribution in [0.5, 0.6) is 0 Å². The summed E-state index contributed by atoms with van der Waals surface area (Å²) >= 11 is 0. The molecule has 8 nitrogen and oxygen atoms in total. The van der Waals surface area contributed by atoms with E-state index in [-0.39, 0.29) is 23.8 Å². The Bertz CT molecular complexity index is 1370. The van der Waals surface area contributed by atoms with Crippen LogP contribution in [-0.4, -0.2) is 29.2 Å². The van der Waals surface area contributed by atoms with Crippen molar-refractivity contribution < 1.29 is 8.91 Å². The normalized spacial score (nSPS) is 22.3. The van der Waals surface area contributed by atoms with E-state index >= 15 is 0 Å². The van der Waals surface area contributed by atoms with Crippen LogP contribution in [-0.2, 0) is 13.6 Å². The van der Waals surface area contributed by atoms with Gasteiger partial charge in [-0.15, -0.1) is 0 Å². The molecule has 0 spiro atoms. The molecule has 3 heterocycles. The number of nitrogens with zero attached hydrogens (tertiary/aromatic N) is 6. The Balaban J connectivity index is 1.20. The number of aromatic nitrogens is 6. The van der Waals surface area contributed by atoms with Crippen molar-refractivity contribution in [2.75, 3.05) is 0 Å². The third-order valence-electron chi connectivity index (χ3n) is 6.08. The van der Waals surface area contributed by atoms with Crippen molar-refractivity contribution in [3.63, 3.8) is 0 Å². The zero-order valence-electron chi connectivity index (χ0n) is 16.1. The van der Waals surface area contributed by atoms with Gasteiger partial charge >= 0.3 is 0 Å². The molecule has 30 heavy (non-hydrogen) atoms. The molecule has 3 aromatic heterocycles. The van der Waals surface area contributed by atoms with Crippen LogP contribution in [0.15, 0.2) is 52.3 Å². The summed E-state index contributed by atoms with van der Waals surface area (Å²) in [5, 5.41) is 4.15. The number of fused-ring (bicyclic) bond motifs is 2. The number of rotatable bonds is 4. The van der Waals surface area contributed by atoms with Gasteiger partial charge in [-0.25, -0.2) is 14.4 Å². The first-order chi connectivity index (χ1) is 14.6.